The minimum atomic E-state index is -1.32. The van der Waals surface area contributed by atoms with Crippen LogP contribution in [0.4, 0.5) is 11.4 Å². The summed E-state index contributed by atoms with van der Waals surface area (Å²) in [6.07, 6.45) is 1.54. The highest BCUT2D eigenvalue weighted by Gasteiger charge is 2.30. The number of hydrogen-bond acceptors (Lipinski definition) is 7. The van der Waals surface area contributed by atoms with E-state index in [1.54, 1.807) is 31.3 Å². The van der Waals surface area contributed by atoms with E-state index >= 15 is 0 Å². The van der Waals surface area contributed by atoms with E-state index in [4.69, 9.17) is 0 Å². The Morgan fingerprint density at radius 1 is 1.29 bits per heavy atom. The lowest BCUT2D eigenvalue weighted by Crippen LogP contribution is -2.23. The molecule has 1 aliphatic heterocycles. The monoisotopic (exact) mass is 460 g/mol. The number of rotatable bonds is 4. The highest BCUT2D eigenvalue weighted by atomic mass is 79.9. The lowest BCUT2D eigenvalue weighted by Gasteiger charge is -2.08. The molecule has 0 N–H and O–H groups in total. The van der Waals surface area contributed by atoms with Crippen molar-refractivity contribution in [1.82, 2.24) is 4.90 Å². The second-order valence-electron chi connectivity index (χ2n) is 5.67. The first-order valence-electron chi connectivity index (χ1n) is 7.78. The molecule has 0 saturated carbocycles. The predicted molar refractivity (Wildman–Crippen MR) is 107 cm³/mol. The van der Waals surface area contributed by atoms with Crippen LogP contribution in [0.25, 0.3) is 6.08 Å². The zero-order valence-electron chi connectivity index (χ0n) is 14.3. The molecule has 0 bridgehead atoms. The summed E-state index contributed by atoms with van der Waals surface area (Å²) in [4.78, 5) is 40.0. The average molecular weight is 461 g/mol. The second kappa shape index (κ2) is 7.95. The number of benzene rings is 2. The van der Waals surface area contributed by atoms with Crippen LogP contribution in [0.3, 0.4) is 0 Å². The van der Waals surface area contributed by atoms with E-state index < -0.39 is 10.9 Å². The lowest BCUT2D eigenvalue weighted by atomic mass is 10.2. The minimum absolute atomic E-state index is 0.0169. The summed E-state index contributed by atoms with van der Waals surface area (Å²) in [6, 6.07) is 10.4. The number of thioether (sulfide) groups is 1. The first-order valence-corrected chi connectivity index (χ1v) is 9.39. The summed E-state index contributed by atoms with van der Waals surface area (Å²) in [7, 11) is 1.54. The predicted octanol–water partition coefficient (Wildman–Crippen LogP) is 2.95. The van der Waals surface area contributed by atoms with Gasteiger partial charge in [-0.25, -0.2) is 4.99 Å². The van der Waals surface area contributed by atoms with E-state index in [-0.39, 0.29) is 17.2 Å². The van der Waals surface area contributed by atoms with E-state index in [1.807, 2.05) is 0 Å². The molecule has 0 radical (unpaired) electrons. The summed E-state index contributed by atoms with van der Waals surface area (Å²) in [5.74, 6) is -1.63. The smallest absolute Gasteiger partial charge is 0.284 e. The van der Waals surface area contributed by atoms with E-state index in [2.05, 4.69) is 20.9 Å². The molecule has 1 fully saturated rings. The molecule has 0 aliphatic carbocycles. The van der Waals surface area contributed by atoms with Crippen LogP contribution in [0.2, 0.25) is 0 Å². The quantitative estimate of drug-likeness (QED) is 0.393. The van der Waals surface area contributed by atoms with Crippen LogP contribution in [0.5, 0.6) is 0 Å². The van der Waals surface area contributed by atoms with Gasteiger partial charge in [-0.1, -0.05) is 18.2 Å². The van der Waals surface area contributed by atoms with Crippen molar-refractivity contribution in [2.75, 3.05) is 7.05 Å². The zero-order chi connectivity index (χ0) is 20.4. The molecule has 28 heavy (non-hydrogen) atoms. The molecular weight excluding hydrogens is 450 g/mol. The number of nitro benzene ring substituents is 1. The Morgan fingerprint density at radius 2 is 2.04 bits per heavy atom. The fourth-order valence-electron chi connectivity index (χ4n) is 2.38. The molecule has 0 atom stereocenters. The highest BCUT2D eigenvalue weighted by Crippen LogP contribution is 2.34. The molecule has 1 heterocycles. The molecule has 1 aliphatic rings. The third-order valence-corrected chi connectivity index (χ3v) is 5.51. The van der Waals surface area contributed by atoms with Crippen molar-refractivity contribution in [2.45, 2.75) is 0 Å². The van der Waals surface area contributed by atoms with Gasteiger partial charge in [0.15, 0.2) is 5.17 Å². The third kappa shape index (κ3) is 4.12. The topological polar surface area (TPSA) is 116 Å². The van der Waals surface area contributed by atoms with Crippen LogP contribution in [-0.4, -0.2) is 33.9 Å². The van der Waals surface area contributed by atoms with Crippen LogP contribution >= 0.6 is 27.7 Å². The van der Waals surface area contributed by atoms with Gasteiger partial charge >= 0.3 is 0 Å². The summed E-state index contributed by atoms with van der Waals surface area (Å²) in [6.45, 7) is 0. The van der Waals surface area contributed by atoms with E-state index in [0.717, 1.165) is 11.8 Å². The number of hydrogen-bond donors (Lipinski definition) is 0. The van der Waals surface area contributed by atoms with Gasteiger partial charge in [-0.3, -0.25) is 19.8 Å². The molecule has 2 aromatic carbocycles. The van der Waals surface area contributed by atoms with E-state index in [1.165, 1.54) is 29.2 Å². The van der Waals surface area contributed by atoms with Gasteiger partial charge in [-0.15, -0.1) is 0 Å². The number of carboxylic acid groups (broad SMARTS) is 1. The van der Waals surface area contributed by atoms with Gasteiger partial charge < -0.3 is 9.90 Å². The number of amides is 1. The van der Waals surface area contributed by atoms with Crippen LogP contribution in [0.15, 0.2) is 56.8 Å². The molecule has 0 unspecified atom stereocenters. The maximum atomic E-state index is 12.5. The first-order chi connectivity index (χ1) is 13.3. The molecular formula is C18H11BrN3O5S-. The maximum absolute atomic E-state index is 12.5. The van der Waals surface area contributed by atoms with Gasteiger partial charge in [-0.05, 0) is 63.1 Å². The fraction of sp³-hybridized carbons (Fsp3) is 0.0556. The number of amidine groups is 1. The first kappa shape index (κ1) is 19.8. The highest BCUT2D eigenvalue weighted by molar-refractivity contribution is 9.10. The van der Waals surface area contributed by atoms with Crippen molar-refractivity contribution in [3.63, 3.8) is 0 Å². The van der Waals surface area contributed by atoms with Gasteiger partial charge in [0.2, 0.25) is 0 Å². The number of likely N-dealkylation sites (N-methyl/N-ethyl adjacent to an activating group) is 1. The van der Waals surface area contributed by atoms with Crippen molar-refractivity contribution in [2.24, 2.45) is 4.99 Å². The van der Waals surface area contributed by atoms with Crippen molar-refractivity contribution in [3.05, 3.63) is 73.1 Å². The number of nitro groups is 1. The molecule has 8 nitrogen and oxygen atoms in total. The zero-order valence-corrected chi connectivity index (χ0v) is 16.7. The summed E-state index contributed by atoms with van der Waals surface area (Å²) in [5.41, 5.74) is 0.742. The molecule has 10 heteroatoms. The van der Waals surface area contributed by atoms with Crippen molar-refractivity contribution < 1.29 is 19.6 Å². The van der Waals surface area contributed by atoms with Crippen molar-refractivity contribution >= 4 is 62.2 Å². The molecule has 142 valence electrons. The van der Waals surface area contributed by atoms with E-state index in [9.17, 15) is 24.8 Å². The maximum Gasteiger partial charge on any atom is 0.284 e. The molecule has 0 aromatic heterocycles. The normalized spacial score (nSPS) is 16.8. The number of aromatic carboxylic acids is 1. The Balaban J connectivity index is 1.92. The molecule has 1 saturated heterocycles. The SMILES string of the molecule is CN1C(=O)/C(=C\c2ccc(Br)c([N+](=O)[O-])c2)SC1=Nc1cccc(C(=O)[O-])c1. The Kier molecular flexibility index (Phi) is 5.61. The molecule has 3 rings (SSSR count). The number of halogens is 1. The average Bonchev–Trinajstić information content (AvgIpc) is 2.91. The summed E-state index contributed by atoms with van der Waals surface area (Å²) in [5, 5.41) is 22.4. The van der Waals surface area contributed by atoms with Gasteiger partial charge in [0, 0.05) is 13.1 Å². The van der Waals surface area contributed by atoms with Crippen LogP contribution in [0.1, 0.15) is 15.9 Å². The Bertz CT molecular complexity index is 1070. The Labute approximate surface area is 171 Å². The molecule has 0 spiro atoms. The number of nitrogens with zero attached hydrogens (tertiary/aromatic N) is 3. The van der Waals surface area contributed by atoms with Crippen LogP contribution in [0, 0.1) is 10.1 Å². The number of carbonyl (C=O) groups is 2. The Morgan fingerprint density at radius 3 is 2.71 bits per heavy atom. The number of carboxylic acids is 1. The number of carbonyl (C=O) groups excluding carboxylic acids is 2. The molecule has 1 amide bonds. The van der Waals surface area contributed by atoms with Crippen molar-refractivity contribution in [1.29, 1.82) is 0 Å². The van der Waals surface area contributed by atoms with Crippen LogP contribution in [-0.2, 0) is 4.79 Å². The Hall–Kier alpha value is -2.98. The van der Waals surface area contributed by atoms with Crippen LogP contribution < -0.4 is 5.11 Å². The summed E-state index contributed by atoms with van der Waals surface area (Å²) >= 11 is 4.21. The second-order valence-corrected chi connectivity index (χ2v) is 7.54. The van der Waals surface area contributed by atoms with Gasteiger partial charge in [0.25, 0.3) is 11.6 Å². The third-order valence-electron chi connectivity index (χ3n) is 3.77. The fourth-order valence-corrected chi connectivity index (χ4v) is 3.75. The number of aliphatic imine (C=N–C) groups is 1. The van der Waals surface area contributed by atoms with E-state index in [0.29, 0.717) is 25.8 Å². The lowest BCUT2D eigenvalue weighted by molar-refractivity contribution is -0.385. The van der Waals surface area contributed by atoms with Gasteiger partial charge in [-0.2, -0.15) is 0 Å². The van der Waals surface area contributed by atoms with Gasteiger partial charge in [0.05, 0.1) is 26.0 Å². The summed E-state index contributed by atoms with van der Waals surface area (Å²) < 4.78 is 0.345. The van der Waals surface area contributed by atoms with Crippen molar-refractivity contribution in [3.8, 4) is 0 Å². The standard InChI is InChI=1S/C18H12BrN3O5S/c1-21-16(23)15(8-10-5-6-13(19)14(7-10)22(26)27)28-18(21)20-12-4-2-3-11(9-12)17(24)25/h2-9H,1H3,(H,24,25)/p-1/b15-8+,20-18?. The largest absolute Gasteiger partial charge is 0.545 e. The van der Waals surface area contributed by atoms with Gasteiger partial charge in [0.1, 0.15) is 0 Å². The molecule has 2 aromatic rings. The minimum Gasteiger partial charge on any atom is -0.545 e.